The van der Waals surface area contributed by atoms with Gasteiger partial charge < -0.3 is 30.0 Å². The number of hydrogen-bond acceptors (Lipinski definition) is 6. The van der Waals surface area contributed by atoms with Crippen molar-refractivity contribution in [3.05, 3.63) is 102 Å². The number of aliphatic carboxylic acids is 1. The molecule has 0 fully saturated rings. The van der Waals surface area contributed by atoms with E-state index in [1.165, 1.54) is 12.1 Å². The minimum atomic E-state index is -1.40. The van der Waals surface area contributed by atoms with Gasteiger partial charge in [0, 0.05) is 31.0 Å². The fraction of sp³-hybridized carbons (Fsp3) is 0.303. The van der Waals surface area contributed by atoms with E-state index in [9.17, 15) is 29.3 Å². The average Bonchev–Trinajstić information content (AvgIpc) is 3.35. The van der Waals surface area contributed by atoms with E-state index in [2.05, 4.69) is 5.32 Å². The molecule has 0 unspecified atom stereocenters. The van der Waals surface area contributed by atoms with Crippen LogP contribution in [0.1, 0.15) is 60.8 Å². The molecule has 2 atom stereocenters. The summed E-state index contributed by atoms with van der Waals surface area (Å²) in [6.45, 7) is 4.38. The number of aliphatic hydroxyl groups excluding tert-OH is 2. The van der Waals surface area contributed by atoms with Crippen molar-refractivity contribution in [3.8, 4) is 22.5 Å². The number of amides is 1. The summed E-state index contributed by atoms with van der Waals surface area (Å²) < 4.78 is 15.5. The summed E-state index contributed by atoms with van der Waals surface area (Å²) >= 11 is 0. The van der Waals surface area contributed by atoms with Crippen LogP contribution in [-0.4, -0.2) is 43.8 Å². The van der Waals surface area contributed by atoms with Gasteiger partial charge in [-0.15, -0.1) is 0 Å². The summed E-state index contributed by atoms with van der Waals surface area (Å²) in [4.78, 5) is 29.0. The Kier molecular flexibility index (Phi) is 12.7. The van der Waals surface area contributed by atoms with Crippen molar-refractivity contribution >= 4 is 11.9 Å². The molecular formula is C33H35FN3NaO5. The Bertz CT molecular complexity index is 1510. The Balaban J connectivity index is 0.00000506. The molecule has 3 aromatic carbocycles. The first-order chi connectivity index (χ1) is 20.1. The summed E-state index contributed by atoms with van der Waals surface area (Å²) in [5.41, 5.74) is 4.51. The van der Waals surface area contributed by atoms with Crippen LogP contribution in [0.3, 0.4) is 0 Å². The number of halogens is 1. The number of nitrogens with zero attached hydrogens (tertiary/aromatic N) is 2. The number of aliphatic hydroxyl groups is 2. The van der Waals surface area contributed by atoms with E-state index in [0.717, 1.165) is 16.7 Å². The zero-order valence-electron chi connectivity index (χ0n) is 24.7. The van der Waals surface area contributed by atoms with Crippen LogP contribution >= 0.6 is 0 Å². The minimum Gasteiger partial charge on any atom is -0.550 e. The monoisotopic (exact) mass is 595 g/mol. The van der Waals surface area contributed by atoms with Crippen LogP contribution in [0.5, 0.6) is 0 Å². The van der Waals surface area contributed by atoms with Gasteiger partial charge in [0.05, 0.1) is 17.9 Å². The molecule has 43 heavy (non-hydrogen) atoms. The fourth-order valence-corrected chi connectivity index (χ4v) is 5.01. The largest absolute Gasteiger partial charge is 1.00 e. The summed E-state index contributed by atoms with van der Waals surface area (Å²) in [7, 11) is 0. The van der Waals surface area contributed by atoms with Crippen LogP contribution < -0.4 is 40.0 Å². The van der Waals surface area contributed by atoms with Gasteiger partial charge in [0.2, 0.25) is 0 Å². The molecular weight excluding hydrogens is 560 g/mol. The second-order valence-corrected chi connectivity index (χ2v) is 10.6. The number of benzene rings is 3. The van der Waals surface area contributed by atoms with Gasteiger partial charge in [-0.1, -0.05) is 62.4 Å². The van der Waals surface area contributed by atoms with Crippen LogP contribution in [0.2, 0.25) is 0 Å². The molecule has 0 saturated heterocycles. The number of nitrogens with one attached hydrogen (secondary N) is 1. The molecule has 0 spiro atoms. The molecule has 0 saturated carbocycles. The van der Waals surface area contributed by atoms with Gasteiger partial charge in [0.25, 0.3) is 5.91 Å². The third-order valence-corrected chi connectivity index (χ3v) is 6.99. The standard InChI is InChI=1S/C33H36FN3O5.Na/c1-21(2)31-30(33(42)35-20-22-7-6-10-25(17-22)23-8-4-3-5-9-23)36-32(24-11-13-26(34)14-12-24)37(31)16-15-27(38)18-28(39)19-29(40)41;/h3-14,17,21,27-28,38-39H,15-16,18-20H2,1-2H3,(H,35,42)(H,40,41);/q;+1/p-1/t27-,28-;/m1./s1. The van der Waals surface area contributed by atoms with Gasteiger partial charge in [-0.3, -0.25) is 4.79 Å². The first-order valence-electron chi connectivity index (χ1n) is 14.0. The Morgan fingerprint density at radius 1 is 0.930 bits per heavy atom. The van der Waals surface area contributed by atoms with Gasteiger partial charge in [0.15, 0.2) is 0 Å². The van der Waals surface area contributed by atoms with E-state index >= 15 is 0 Å². The molecule has 4 rings (SSSR count). The van der Waals surface area contributed by atoms with Crippen molar-refractivity contribution in [2.45, 2.75) is 64.3 Å². The average molecular weight is 596 g/mol. The summed E-state index contributed by atoms with van der Waals surface area (Å²) in [5, 5.41) is 34.2. The Labute approximate surface area is 272 Å². The Morgan fingerprint density at radius 3 is 2.26 bits per heavy atom. The maximum atomic E-state index is 13.7. The van der Waals surface area contributed by atoms with Crippen LogP contribution in [0.4, 0.5) is 4.39 Å². The second kappa shape index (κ2) is 15.9. The summed E-state index contributed by atoms with van der Waals surface area (Å²) in [5.74, 6) is -1.86. The first-order valence-corrected chi connectivity index (χ1v) is 14.0. The number of hydrogen-bond donors (Lipinski definition) is 3. The van der Waals surface area contributed by atoms with Crippen LogP contribution in [-0.2, 0) is 17.9 Å². The molecule has 0 radical (unpaired) electrons. The SMILES string of the molecule is CC(C)c1c(C(=O)NCc2cccc(-c3ccccc3)c2)nc(-c2ccc(F)cc2)n1CC[C@@H](O)C[C@@H](O)CC(=O)[O-].[Na+]. The predicted molar refractivity (Wildman–Crippen MR) is 156 cm³/mol. The van der Waals surface area contributed by atoms with Gasteiger partial charge in [0.1, 0.15) is 17.3 Å². The van der Waals surface area contributed by atoms with E-state index in [-0.39, 0.29) is 73.0 Å². The van der Waals surface area contributed by atoms with Gasteiger partial charge in [-0.25, -0.2) is 9.37 Å². The van der Waals surface area contributed by atoms with E-state index in [4.69, 9.17) is 4.98 Å². The predicted octanol–water partition coefficient (Wildman–Crippen LogP) is 1.06. The molecule has 1 heterocycles. The quantitative estimate of drug-likeness (QED) is 0.199. The Hall–Kier alpha value is -3.34. The number of carboxylic acids is 1. The van der Waals surface area contributed by atoms with E-state index in [1.807, 2.05) is 73.0 Å². The molecule has 0 aliphatic carbocycles. The number of carbonyl (C=O) groups is 2. The fourth-order valence-electron chi connectivity index (χ4n) is 5.01. The van der Waals surface area contributed by atoms with Crippen molar-refractivity contribution in [2.75, 3.05) is 0 Å². The number of aromatic nitrogens is 2. The second-order valence-electron chi connectivity index (χ2n) is 10.6. The molecule has 1 aromatic heterocycles. The number of rotatable bonds is 13. The molecule has 1 amide bonds. The molecule has 0 bridgehead atoms. The first kappa shape index (κ1) is 34.2. The van der Waals surface area contributed by atoms with E-state index in [1.54, 1.807) is 12.1 Å². The zero-order chi connectivity index (χ0) is 30.2. The van der Waals surface area contributed by atoms with Crippen LogP contribution in [0.25, 0.3) is 22.5 Å². The molecule has 8 nitrogen and oxygen atoms in total. The molecule has 220 valence electrons. The van der Waals surface area contributed by atoms with Crippen LogP contribution in [0, 0.1) is 5.82 Å². The molecule has 0 aliphatic rings. The maximum Gasteiger partial charge on any atom is 1.00 e. The van der Waals surface area contributed by atoms with Gasteiger partial charge in [-0.05, 0) is 65.8 Å². The summed E-state index contributed by atoms with van der Waals surface area (Å²) in [6, 6.07) is 23.7. The topological polar surface area (TPSA) is 128 Å². The van der Waals surface area contributed by atoms with Crippen LogP contribution in [0.15, 0.2) is 78.9 Å². The van der Waals surface area contributed by atoms with Crippen molar-refractivity contribution in [1.82, 2.24) is 14.9 Å². The molecule has 4 aromatic rings. The van der Waals surface area contributed by atoms with Crippen molar-refractivity contribution < 1.29 is 58.9 Å². The van der Waals surface area contributed by atoms with E-state index < -0.39 is 30.4 Å². The molecule has 3 N–H and O–H groups in total. The van der Waals surface area contributed by atoms with E-state index in [0.29, 0.717) is 17.1 Å². The number of carboxylic acid groups (broad SMARTS) is 1. The zero-order valence-corrected chi connectivity index (χ0v) is 26.7. The van der Waals surface area contributed by atoms with Crippen molar-refractivity contribution in [3.63, 3.8) is 0 Å². The number of imidazole rings is 1. The third-order valence-electron chi connectivity index (χ3n) is 6.99. The molecule has 0 aliphatic heterocycles. The maximum absolute atomic E-state index is 13.7. The Morgan fingerprint density at radius 2 is 1.60 bits per heavy atom. The summed E-state index contributed by atoms with van der Waals surface area (Å²) in [6.07, 6.45) is -2.78. The van der Waals surface area contributed by atoms with Gasteiger partial charge >= 0.3 is 29.6 Å². The number of carbonyl (C=O) groups excluding carboxylic acids is 2. The smallest absolute Gasteiger partial charge is 0.550 e. The normalized spacial score (nSPS) is 12.4. The van der Waals surface area contributed by atoms with Gasteiger partial charge in [-0.2, -0.15) is 0 Å². The van der Waals surface area contributed by atoms with Crippen molar-refractivity contribution in [2.24, 2.45) is 0 Å². The van der Waals surface area contributed by atoms with Crippen molar-refractivity contribution in [1.29, 1.82) is 0 Å². The minimum absolute atomic E-state index is 0. The molecule has 10 heteroatoms. The third kappa shape index (κ3) is 9.32.